The van der Waals surface area contributed by atoms with Gasteiger partial charge in [0, 0.05) is 12.7 Å². The van der Waals surface area contributed by atoms with Gasteiger partial charge in [-0.2, -0.15) is 0 Å². The Bertz CT molecular complexity index is 433. The van der Waals surface area contributed by atoms with Gasteiger partial charge in [0.15, 0.2) is 0 Å². The maximum Gasteiger partial charge on any atom is 0.339 e. The van der Waals surface area contributed by atoms with E-state index in [4.69, 9.17) is 16.7 Å². The maximum absolute atomic E-state index is 11.1. The number of carboxylic acid groups (broad SMARTS) is 1. The van der Waals surface area contributed by atoms with Gasteiger partial charge in [-0.3, -0.25) is 0 Å². The summed E-state index contributed by atoms with van der Waals surface area (Å²) in [6.45, 7) is 2.81. The largest absolute Gasteiger partial charge is 0.478 e. The molecule has 2 rings (SSSR count). The zero-order chi connectivity index (χ0) is 13.0. The highest BCUT2D eigenvalue weighted by Gasteiger charge is 2.15. The number of aromatic nitrogens is 1. The molecule has 5 nitrogen and oxygen atoms in total. The number of anilines is 1. The molecule has 0 atom stereocenters. The van der Waals surface area contributed by atoms with Crippen molar-refractivity contribution in [1.82, 2.24) is 10.3 Å². The van der Waals surface area contributed by atoms with Gasteiger partial charge in [0.1, 0.15) is 10.7 Å². The summed E-state index contributed by atoms with van der Waals surface area (Å²) in [7, 11) is 0. The first-order valence-electron chi connectivity index (χ1n) is 6.00. The first-order valence-corrected chi connectivity index (χ1v) is 6.38. The Morgan fingerprint density at radius 2 is 2.28 bits per heavy atom. The molecule has 3 N–H and O–H groups in total. The fraction of sp³-hybridized carbons (Fsp3) is 0.500. The Kier molecular flexibility index (Phi) is 4.38. The second kappa shape index (κ2) is 6.02. The highest BCUT2D eigenvalue weighted by molar-refractivity contribution is 6.29. The summed E-state index contributed by atoms with van der Waals surface area (Å²) in [5.74, 6) is -0.424. The number of hydrogen-bond acceptors (Lipinski definition) is 4. The molecule has 1 aliphatic rings. The fourth-order valence-corrected chi connectivity index (χ4v) is 2.24. The van der Waals surface area contributed by atoms with Gasteiger partial charge in [0.25, 0.3) is 0 Å². The molecule has 2 heterocycles. The predicted molar refractivity (Wildman–Crippen MR) is 70.3 cm³/mol. The van der Waals surface area contributed by atoms with Crippen LogP contribution in [0.3, 0.4) is 0 Å². The van der Waals surface area contributed by atoms with E-state index in [0.717, 1.165) is 32.5 Å². The van der Waals surface area contributed by atoms with Gasteiger partial charge in [-0.1, -0.05) is 11.6 Å². The van der Waals surface area contributed by atoms with Gasteiger partial charge >= 0.3 is 5.97 Å². The summed E-state index contributed by atoms with van der Waals surface area (Å²) in [6.07, 6.45) is 3.50. The molecule has 1 saturated heterocycles. The van der Waals surface area contributed by atoms with E-state index in [0.29, 0.717) is 16.8 Å². The molecular formula is C12H16ClN3O2. The number of aromatic carboxylic acids is 1. The molecule has 1 aromatic rings. The number of halogens is 1. The van der Waals surface area contributed by atoms with Gasteiger partial charge in [0.05, 0.1) is 5.69 Å². The summed E-state index contributed by atoms with van der Waals surface area (Å²) in [4.78, 5) is 14.8. The molecule has 1 aliphatic heterocycles. The molecule has 0 spiro atoms. The van der Waals surface area contributed by atoms with Crippen molar-refractivity contribution in [3.8, 4) is 0 Å². The lowest BCUT2D eigenvalue weighted by Crippen LogP contribution is -2.31. The van der Waals surface area contributed by atoms with E-state index in [-0.39, 0.29) is 5.56 Å². The van der Waals surface area contributed by atoms with Crippen molar-refractivity contribution < 1.29 is 9.90 Å². The Hall–Kier alpha value is -1.33. The molecule has 0 radical (unpaired) electrons. The Morgan fingerprint density at radius 1 is 1.56 bits per heavy atom. The minimum atomic E-state index is -0.994. The van der Waals surface area contributed by atoms with Crippen molar-refractivity contribution in [2.45, 2.75) is 12.8 Å². The lowest BCUT2D eigenvalue weighted by atomic mass is 9.98. The van der Waals surface area contributed by atoms with Crippen molar-refractivity contribution in [1.29, 1.82) is 0 Å². The average Bonchev–Trinajstić information content (AvgIpc) is 2.37. The summed E-state index contributed by atoms with van der Waals surface area (Å²) in [5, 5.41) is 15.8. The SMILES string of the molecule is O=C(O)c1cnc(Cl)cc1NCC1CCNCC1. The van der Waals surface area contributed by atoms with Gasteiger partial charge in [0.2, 0.25) is 0 Å². The van der Waals surface area contributed by atoms with Crippen LogP contribution < -0.4 is 10.6 Å². The lowest BCUT2D eigenvalue weighted by Gasteiger charge is -2.23. The van der Waals surface area contributed by atoms with Crippen LogP contribution in [0.2, 0.25) is 5.15 Å². The topological polar surface area (TPSA) is 74.2 Å². The number of carboxylic acids is 1. The van der Waals surface area contributed by atoms with Crippen molar-refractivity contribution in [3.05, 3.63) is 23.0 Å². The molecule has 0 aliphatic carbocycles. The van der Waals surface area contributed by atoms with Gasteiger partial charge in [-0.15, -0.1) is 0 Å². The molecule has 6 heteroatoms. The number of carbonyl (C=O) groups is 1. The monoisotopic (exact) mass is 269 g/mol. The number of rotatable bonds is 4. The van der Waals surface area contributed by atoms with Crippen molar-refractivity contribution in [2.75, 3.05) is 25.0 Å². The molecule has 0 unspecified atom stereocenters. The third-order valence-electron chi connectivity index (χ3n) is 3.14. The first kappa shape index (κ1) is 13.1. The second-order valence-corrected chi connectivity index (χ2v) is 4.82. The van der Waals surface area contributed by atoms with Crippen LogP contribution in [-0.4, -0.2) is 35.7 Å². The zero-order valence-electron chi connectivity index (χ0n) is 9.95. The van der Waals surface area contributed by atoms with E-state index in [2.05, 4.69) is 15.6 Å². The number of nitrogens with one attached hydrogen (secondary N) is 2. The minimum Gasteiger partial charge on any atom is -0.478 e. The van der Waals surface area contributed by atoms with E-state index in [1.165, 1.54) is 6.20 Å². The summed E-state index contributed by atoms with van der Waals surface area (Å²) in [6, 6.07) is 1.56. The van der Waals surface area contributed by atoms with E-state index >= 15 is 0 Å². The minimum absolute atomic E-state index is 0.160. The van der Waals surface area contributed by atoms with Crippen molar-refractivity contribution in [3.63, 3.8) is 0 Å². The van der Waals surface area contributed by atoms with Gasteiger partial charge < -0.3 is 15.7 Å². The van der Waals surface area contributed by atoms with Crippen LogP contribution in [-0.2, 0) is 0 Å². The van der Waals surface area contributed by atoms with E-state index in [1.54, 1.807) is 6.07 Å². The van der Waals surface area contributed by atoms with Crippen LogP contribution in [0.5, 0.6) is 0 Å². The maximum atomic E-state index is 11.1. The molecule has 98 valence electrons. The lowest BCUT2D eigenvalue weighted by molar-refractivity contribution is 0.0697. The number of nitrogens with zero attached hydrogens (tertiary/aromatic N) is 1. The molecule has 0 aromatic carbocycles. The first-order chi connectivity index (χ1) is 8.66. The summed E-state index contributed by atoms with van der Waals surface area (Å²) >= 11 is 5.79. The van der Waals surface area contributed by atoms with Crippen molar-refractivity contribution >= 4 is 23.3 Å². The zero-order valence-corrected chi connectivity index (χ0v) is 10.7. The van der Waals surface area contributed by atoms with Crippen LogP contribution in [0.1, 0.15) is 23.2 Å². The van der Waals surface area contributed by atoms with Gasteiger partial charge in [-0.05, 0) is 37.9 Å². The molecule has 18 heavy (non-hydrogen) atoms. The van der Waals surface area contributed by atoms with E-state index in [1.807, 2.05) is 0 Å². The highest BCUT2D eigenvalue weighted by Crippen LogP contribution is 2.20. The number of piperidine rings is 1. The summed E-state index contributed by atoms with van der Waals surface area (Å²) < 4.78 is 0. The second-order valence-electron chi connectivity index (χ2n) is 4.43. The molecule has 0 bridgehead atoms. The Balaban J connectivity index is 2.03. The van der Waals surface area contributed by atoms with Gasteiger partial charge in [-0.25, -0.2) is 9.78 Å². The van der Waals surface area contributed by atoms with E-state index in [9.17, 15) is 4.79 Å². The quantitative estimate of drug-likeness (QED) is 0.728. The molecule has 1 fully saturated rings. The number of pyridine rings is 1. The van der Waals surface area contributed by atoms with Crippen molar-refractivity contribution in [2.24, 2.45) is 5.92 Å². The van der Waals surface area contributed by atoms with Crippen LogP contribution in [0.15, 0.2) is 12.3 Å². The fourth-order valence-electron chi connectivity index (χ4n) is 2.09. The summed E-state index contributed by atoms with van der Waals surface area (Å²) in [5.41, 5.74) is 0.703. The highest BCUT2D eigenvalue weighted by atomic mass is 35.5. The average molecular weight is 270 g/mol. The normalized spacial score (nSPS) is 16.5. The smallest absolute Gasteiger partial charge is 0.339 e. The van der Waals surface area contributed by atoms with Crippen LogP contribution in [0.4, 0.5) is 5.69 Å². The van der Waals surface area contributed by atoms with Crippen LogP contribution in [0.25, 0.3) is 0 Å². The van der Waals surface area contributed by atoms with E-state index < -0.39 is 5.97 Å². The third-order valence-corrected chi connectivity index (χ3v) is 3.35. The Labute approximate surface area is 111 Å². The molecular weight excluding hydrogens is 254 g/mol. The van der Waals surface area contributed by atoms with Crippen LogP contribution in [0, 0.1) is 5.92 Å². The third kappa shape index (κ3) is 3.34. The number of hydrogen-bond donors (Lipinski definition) is 3. The Morgan fingerprint density at radius 3 is 2.94 bits per heavy atom. The predicted octanol–water partition coefficient (Wildman–Crippen LogP) is 1.84. The van der Waals surface area contributed by atoms with Crippen LogP contribution >= 0.6 is 11.6 Å². The molecule has 0 amide bonds. The standard InChI is InChI=1S/C12H16ClN3O2/c13-11-5-10(9(7-16-11)12(17)18)15-6-8-1-3-14-4-2-8/h5,7-8,14H,1-4,6H2,(H,15,16)(H,17,18). The molecule has 0 saturated carbocycles. The molecule has 1 aromatic heterocycles.